The molecule has 0 spiro atoms. The Hall–Kier alpha value is -1.68. The van der Waals surface area contributed by atoms with Crippen LogP contribution in [-0.2, 0) is 11.3 Å². The van der Waals surface area contributed by atoms with Gasteiger partial charge in [-0.05, 0) is 31.0 Å². The molecule has 4 heteroatoms. The van der Waals surface area contributed by atoms with Gasteiger partial charge in [0.05, 0.1) is 10.2 Å². The number of carbonyl (C=O) groups excluding carboxylic acids is 1. The predicted octanol–water partition coefficient (Wildman–Crippen LogP) is 3.34. The van der Waals surface area contributed by atoms with Crippen molar-refractivity contribution in [3.05, 3.63) is 40.7 Å². The molecule has 1 aromatic heterocycles. The normalized spacial score (nSPS) is 12.1. The van der Waals surface area contributed by atoms with Gasteiger partial charge in [-0.2, -0.15) is 4.99 Å². The maximum atomic E-state index is 11.6. The second kappa shape index (κ2) is 5.53. The number of thiazole rings is 1. The van der Waals surface area contributed by atoms with Crippen LogP contribution in [0.15, 0.2) is 29.8 Å². The van der Waals surface area contributed by atoms with Crippen LogP contribution < -0.4 is 4.80 Å². The van der Waals surface area contributed by atoms with Gasteiger partial charge in [0.15, 0.2) is 4.80 Å². The molecule has 0 unspecified atom stereocenters. The number of rotatable bonds is 3. The van der Waals surface area contributed by atoms with E-state index in [1.165, 1.54) is 15.8 Å². The fourth-order valence-corrected chi connectivity index (χ4v) is 3.39. The van der Waals surface area contributed by atoms with Gasteiger partial charge in [-0.25, -0.2) is 0 Å². The lowest BCUT2D eigenvalue weighted by Gasteiger charge is -2.04. The number of hydrogen-bond acceptors (Lipinski definition) is 2. The van der Waals surface area contributed by atoms with Gasteiger partial charge in [-0.1, -0.05) is 30.4 Å². The van der Waals surface area contributed by atoms with Crippen LogP contribution in [0.4, 0.5) is 0 Å². The molecule has 19 heavy (non-hydrogen) atoms. The second-order valence-electron chi connectivity index (χ2n) is 4.57. The highest BCUT2D eigenvalue weighted by Gasteiger charge is 2.09. The third-order valence-electron chi connectivity index (χ3n) is 2.95. The SMILES string of the molecule is C=CCn1c(=NC(=O)CC)sc2cc(C)cc(C)c21. The maximum absolute atomic E-state index is 11.6. The molecular formula is C15H18N2OS. The summed E-state index contributed by atoms with van der Waals surface area (Å²) in [5.41, 5.74) is 3.59. The Morgan fingerprint density at radius 1 is 1.47 bits per heavy atom. The molecule has 0 fully saturated rings. The zero-order valence-corrected chi connectivity index (χ0v) is 12.4. The highest BCUT2D eigenvalue weighted by atomic mass is 32.1. The first kappa shape index (κ1) is 13.7. The molecule has 0 bridgehead atoms. The summed E-state index contributed by atoms with van der Waals surface area (Å²) in [5, 5.41) is 0. The first-order chi connectivity index (χ1) is 9.06. The van der Waals surface area contributed by atoms with Crippen molar-refractivity contribution in [1.29, 1.82) is 0 Å². The topological polar surface area (TPSA) is 34.4 Å². The van der Waals surface area contributed by atoms with Gasteiger partial charge in [-0.15, -0.1) is 6.58 Å². The fraction of sp³-hybridized carbons (Fsp3) is 0.333. The summed E-state index contributed by atoms with van der Waals surface area (Å²) in [6.45, 7) is 10.5. The highest BCUT2D eigenvalue weighted by Crippen LogP contribution is 2.23. The van der Waals surface area contributed by atoms with E-state index in [1.54, 1.807) is 11.3 Å². The van der Waals surface area contributed by atoms with Gasteiger partial charge in [0, 0.05) is 13.0 Å². The number of carbonyl (C=O) groups is 1. The van der Waals surface area contributed by atoms with E-state index < -0.39 is 0 Å². The van der Waals surface area contributed by atoms with E-state index in [-0.39, 0.29) is 5.91 Å². The summed E-state index contributed by atoms with van der Waals surface area (Å²) in [7, 11) is 0. The maximum Gasteiger partial charge on any atom is 0.248 e. The van der Waals surface area contributed by atoms with E-state index >= 15 is 0 Å². The first-order valence-corrected chi connectivity index (χ1v) is 7.17. The Labute approximate surface area is 116 Å². The van der Waals surface area contributed by atoms with Gasteiger partial charge in [-0.3, -0.25) is 4.79 Å². The first-order valence-electron chi connectivity index (χ1n) is 6.35. The Balaban J connectivity index is 2.81. The third-order valence-corrected chi connectivity index (χ3v) is 3.97. The van der Waals surface area contributed by atoms with E-state index in [9.17, 15) is 4.79 Å². The largest absolute Gasteiger partial charge is 0.312 e. The van der Waals surface area contributed by atoms with Crippen LogP contribution in [0.5, 0.6) is 0 Å². The van der Waals surface area contributed by atoms with E-state index in [2.05, 4.69) is 42.1 Å². The van der Waals surface area contributed by atoms with Crippen molar-refractivity contribution < 1.29 is 4.79 Å². The average Bonchev–Trinajstić information content (AvgIpc) is 2.67. The Kier molecular flexibility index (Phi) is 4.00. The minimum Gasteiger partial charge on any atom is -0.312 e. The zero-order chi connectivity index (χ0) is 14.0. The van der Waals surface area contributed by atoms with Crippen LogP contribution in [0.25, 0.3) is 10.2 Å². The number of amides is 1. The van der Waals surface area contributed by atoms with Gasteiger partial charge in [0.1, 0.15) is 0 Å². The van der Waals surface area contributed by atoms with Crippen LogP contribution in [0, 0.1) is 13.8 Å². The van der Waals surface area contributed by atoms with Crippen LogP contribution >= 0.6 is 11.3 Å². The lowest BCUT2D eigenvalue weighted by Crippen LogP contribution is -2.16. The monoisotopic (exact) mass is 274 g/mol. The number of aryl methyl sites for hydroxylation is 2. The molecule has 1 aromatic carbocycles. The predicted molar refractivity (Wildman–Crippen MR) is 80.3 cm³/mol. The summed E-state index contributed by atoms with van der Waals surface area (Å²) in [6.07, 6.45) is 2.27. The molecule has 0 atom stereocenters. The van der Waals surface area contributed by atoms with Gasteiger partial charge in [0.2, 0.25) is 5.91 Å². The van der Waals surface area contributed by atoms with Crippen molar-refractivity contribution in [3.63, 3.8) is 0 Å². The third kappa shape index (κ3) is 2.68. The molecular weight excluding hydrogens is 256 g/mol. The molecule has 3 nitrogen and oxygen atoms in total. The summed E-state index contributed by atoms with van der Waals surface area (Å²) in [5.74, 6) is -0.0845. The summed E-state index contributed by atoms with van der Waals surface area (Å²) >= 11 is 1.56. The molecule has 1 amide bonds. The van der Waals surface area contributed by atoms with Gasteiger partial charge < -0.3 is 4.57 Å². The lowest BCUT2D eigenvalue weighted by molar-refractivity contribution is -0.117. The molecule has 2 rings (SSSR count). The van der Waals surface area contributed by atoms with Crippen LogP contribution in [-0.4, -0.2) is 10.5 Å². The standard InChI is InChI=1S/C15H18N2OS/c1-5-7-17-14-11(4)8-10(3)9-12(14)19-15(17)16-13(18)6-2/h5,8-9H,1,6-7H2,2-4H3. The Morgan fingerprint density at radius 2 is 2.21 bits per heavy atom. The Bertz CT molecular complexity index is 707. The summed E-state index contributed by atoms with van der Waals surface area (Å²) in [6, 6.07) is 4.29. The van der Waals surface area contributed by atoms with Gasteiger partial charge in [0.25, 0.3) is 0 Å². The summed E-state index contributed by atoms with van der Waals surface area (Å²) < 4.78 is 3.23. The molecule has 0 saturated carbocycles. The molecule has 1 heterocycles. The molecule has 0 aliphatic heterocycles. The quantitative estimate of drug-likeness (QED) is 0.790. The van der Waals surface area contributed by atoms with Crippen molar-refractivity contribution >= 4 is 27.5 Å². The lowest BCUT2D eigenvalue weighted by atomic mass is 10.1. The van der Waals surface area contributed by atoms with Crippen LogP contribution in [0.3, 0.4) is 0 Å². The molecule has 0 radical (unpaired) electrons. The number of nitrogens with zero attached hydrogens (tertiary/aromatic N) is 2. The van der Waals surface area contributed by atoms with Crippen molar-refractivity contribution in [2.24, 2.45) is 4.99 Å². The van der Waals surface area contributed by atoms with Gasteiger partial charge >= 0.3 is 0 Å². The van der Waals surface area contributed by atoms with Crippen molar-refractivity contribution in [2.75, 3.05) is 0 Å². The molecule has 0 aliphatic rings. The van der Waals surface area contributed by atoms with E-state index in [1.807, 2.05) is 13.0 Å². The fourth-order valence-electron chi connectivity index (χ4n) is 2.16. The molecule has 0 aliphatic carbocycles. The summed E-state index contributed by atoms with van der Waals surface area (Å²) in [4.78, 5) is 16.5. The molecule has 2 aromatic rings. The Morgan fingerprint density at radius 3 is 2.84 bits per heavy atom. The minimum absolute atomic E-state index is 0.0845. The number of aromatic nitrogens is 1. The van der Waals surface area contributed by atoms with E-state index in [0.717, 1.165) is 10.3 Å². The van der Waals surface area contributed by atoms with E-state index in [4.69, 9.17) is 0 Å². The van der Waals surface area contributed by atoms with Crippen molar-refractivity contribution in [1.82, 2.24) is 4.57 Å². The number of hydrogen-bond donors (Lipinski definition) is 0. The van der Waals surface area contributed by atoms with Crippen LogP contribution in [0.1, 0.15) is 24.5 Å². The van der Waals surface area contributed by atoms with Crippen LogP contribution in [0.2, 0.25) is 0 Å². The molecule has 100 valence electrons. The number of benzene rings is 1. The molecule has 0 N–H and O–H groups in total. The van der Waals surface area contributed by atoms with E-state index in [0.29, 0.717) is 13.0 Å². The zero-order valence-electron chi connectivity index (χ0n) is 11.6. The highest BCUT2D eigenvalue weighted by molar-refractivity contribution is 7.16. The van der Waals surface area contributed by atoms with Crippen molar-refractivity contribution in [3.8, 4) is 0 Å². The smallest absolute Gasteiger partial charge is 0.248 e. The average molecular weight is 274 g/mol. The number of allylic oxidation sites excluding steroid dienone is 1. The molecule has 0 saturated heterocycles. The minimum atomic E-state index is -0.0845. The number of fused-ring (bicyclic) bond motifs is 1. The van der Waals surface area contributed by atoms with Crippen molar-refractivity contribution in [2.45, 2.75) is 33.7 Å². The second-order valence-corrected chi connectivity index (χ2v) is 5.58.